The molecule has 0 spiro atoms. The molecule has 0 fully saturated rings. The van der Waals surface area contributed by atoms with Gasteiger partial charge in [0.05, 0.1) is 22.4 Å². The Bertz CT molecular complexity index is 349. The Hall–Kier alpha value is -0.350. The summed E-state index contributed by atoms with van der Waals surface area (Å²) >= 11 is 3.64. The molecule has 0 bridgehead atoms. The van der Waals surface area contributed by atoms with Crippen molar-refractivity contribution >= 4 is 15.9 Å². The van der Waals surface area contributed by atoms with Crippen LogP contribution in [0.15, 0.2) is 10.7 Å². The number of rotatable bonds is 8. The predicted molar refractivity (Wildman–Crippen MR) is 80.7 cm³/mol. The lowest BCUT2D eigenvalue weighted by Gasteiger charge is -2.27. The third-order valence-corrected chi connectivity index (χ3v) is 4.27. The highest BCUT2D eigenvalue weighted by Crippen LogP contribution is 2.33. The van der Waals surface area contributed by atoms with Crippen molar-refractivity contribution in [2.45, 2.75) is 59.0 Å². The Balaban J connectivity index is 2.95. The maximum atomic E-state index is 4.43. The molecule has 0 aliphatic heterocycles. The molecule has 0 aliphatic rings. The lowest BCUT2D eigenvalue weighted by Crippen LogP contribution is -2.28. The summed E-state index contributed by atoms with van der Waals surface area (Å²) < 4.78 is 3.22. The van der Waals surface area contributed by atoms with Crippen LogP contribution < -0.4 is 5.32 Å². The molecular weight excluding hydrogens is 290 g/mol. The first-order chi connectivity index (χ1) is 8.69. The molecule has 0 amide bonds. The minimum Gasteiger partial charge on any atom is -0.311 e. The molecule has 0 aromatic carbocycles. The van der Waals surface area contributed by atoms with Gasteiger partial charge in [-0.1, -0.05) is 33.1 Å². The Morgan fingerprint density at radius 2 is 2.11 bits per heavy atom. The highest BCUT2D eigenvalue weighted by molar-refractivity contribution is 9.10. The molecule has 1 aromatic heterocycles. The summed E-state index contributed by atoms with van der Waals surface area (Å²) in [4.78, 5) is 0. The number of hydrogen-bond donors (Lipinski definition) is 1. The Morgan fingerprint density at radius 1 is 1.39 bits per heavy atom. The second-order valence-corrected chi connectivity index (χ2v) is 5.62. The van der Waals surface area contributed by atoms with Crippen molar-refractivity contribution in [1.29, 1.82) is 0 Å². The van der Waals surface area contributed by atoms with Gasteiger partial charge < -0.3 is 5.32 Å². The van der Waals surface area contributed by atoms with Gasteiger partial charge in [0.15, 0.2) is 0 Å². The highest BCUT2D eigenvalue weighted by atomic mass is 79.9. The average molecular weight is 316 g/mol. The van der Waals surface area contributed by atoms with E-state index in [0.717, 1.165) is 11.0 Å². The van der Waals surface area contributed by atoms with Gasteiger partial charge in [-0.15, -0.1) is 0 Å². The number of nitrogens with one attached hydrogen (secondary N) is 1. The van der Waals surface area contributed by atoms with Crippen molar-refractivity contribution in [3.63, 3.8) is 0 Å². The van der Waals surface area contributed by atoms with E-state index < -0.39 is 0 Å². The van der Waals surface area contributed by atoms with Crippen molar-refractivity contribution in [2.75, 3.05) is 7.05 Å². The highest BCUT2D eigenvalue weighted by Gasteiger charge is 2.25. The van der Waals surface area contributed by atoms with Crippen LogP contribution in [0.4, 0.5) is 0 Å². The van der Waals surface area contributed by atoms with Gasteiger partial charge in [-0.05, 0) is 42.2 Å². The first-order valence-corrected chi connectivity index (χ1v) is 7.87. The van der Waals surface area contributed by atoms with Crippen LogP contribution in [-0.2, 0) is 6.54 Å². The summed E-state index contributed by atoms with van der Waals surface area (Å²) in [6, 6.07) is 0.387. The molecule has 0 saturated carbocycles. The topological polar surface area (TPSA) is 29.9 Å². The largest absolute Gasteiger partial charge is 0.311 e. The summed E-state index contributed by atoms with van der Waals surface area (Å²) in [6.07, 6.45) is 6.96. The van der Waals surface area contributed by atoms with Gasteiger partial charge >= 0.3 is 0 Å². The minimum atomic E-state index is 0.387. The maximum absolute atomic E-state index is 4.43. The number of hydrogen-bond acceptors (Lipinski definition) is 2. The van der Waals surface area contributed by atoms with Gasteiger partial charge in [0.25, 0.3) is 0 Å². The molecule has 3 nitrogen and oxygen atoms in total. The molecule has 1 aromatic rings. The van der Waals surface area contributed by atoms with Crippen LogP contribution in [0.25, 0.3) is 0 Å². The SMILES string of the molecule is CCCCC(CC)C(NC)c1c(Br)cnn1CC. The molecule has 0 aliphatic carbocycles. The summed E-state index contributed by atoms with van der Waals surface area (Å²) in [5.41, 5.74) is 1.29. The van der Waals surface area contributed by atoms with E-state index in [2.05, 4.69) is 58.8 Å². The molecular formula is C14H26BrN3. The van der Waals surface area contributed by atoms with Crippen LogP contribution >= 0.6 is 15.9 Å². The molecule has 104 valence electrons. The Labute approximate surface area is 119 Å². The summed E-state index contributed by atoms with van der Waals surface area (Å²) in [6.45, 7) is 7.60. The molecule has 1 rings (SSSR count). The second kappa shape index (κ2) is 7.95. The molecule has 4 heteroatoms. The van der Waals surface area contributed by atoms with Crippen LogP contribution in [0.3, 0.4) is 0 Å². The van der Waals surface area contributed by atoms with Gasteiger partial charge in [0, 0.05) is 6.54 Å². The van der Waals surface area contributed by atoms with E-state index in [4.69, 9.17) is 0 Å². The number of halogens is 1. The smallest absolute Gasteiger partial charge is 0.0698 e. The van der Waals surface area contributed by atoms with Gasteiger partial charge in [0.1, 0.15) is 0 Å². The van der Waals surface area contributed by atoms with Gasteiger partial charge in [-0.25, -0.2) is 0 Å². The van der Waals surface area contributed by atoms with Crippen LogP contribution in [0.2, 0.25) is 0 Å². The third-order valence-electron chi connectivity index (χ3n) is 3.66. The van der Waals surface area contributed by atoms with E-state index in [9.17, 15) is 0 Å². The number of unbranched alkanes of at least 4 members (excludes halogenated alkanes) is 1. The molecule has 1 heterocycles. The standard InChI is InChI=1S/C14H26BrN3/c1-5-8-9-11(6-2)13(16-4)14-12(15)10-17-18(14)7-3/h10-11,13,16H,5-9H2,1-4H3. The van der Waals surface area contributed by atoms with Crippen molar-refractivity contribution in [2.24, 2.45) is 5.92 Å². The van der Waals surface area contributed by atoms with E-state index in [1.54, 1.807) is 0 Å². The van der Waals surface area contributed by atoms with Gasteiger partial charge in [0.2, 0.25) is 0 Å². The molecule has 2 unspecified atom stereocenters. The average Bonchev–Trinajstić information content (AvgIpc) is 2.76. The van der Waals surface area contributed by atoms with Crippen molar-refractivity contribution in [1.82, 2.24) is 15.1 Å². The predicted octanol–water partition coefficient (Wildman–Crippen LogP) is 4.14. The first-order valence-electron chi connectivity index (χ1n) is 7.07. The number of aryl methyl sites for hydroxylation is 1. The van der Waals surface area contributed by atoms with Crippen LogP contribution in [0, 0.1) is 5.92 Å². The zero-order chi connectivity index (χ0) is 13.5. The Morgan fingerprint density at radius 3 is 2.61 bits per heavy atom. The van der Waals surface area contributed by atoms with E-state index in [-0.39, 0.29) is 0 Å². The molecule has 1 N–H and O–H groups in total. The zero-order valence-corrected chi connectivity index (χ0v) is 13.6. The van der Waals surface area contributed by atoms with Gasteiger partial charge in [-0.3, -0.25) is 4.68 Å². The quantitative estimate of drug-likeness (QED) is 0.781. The first kappa shape index (κ1) is 15.7. The van der Waals surface area contributed by atoms with Crippen molar-refractivity contribution in [3.8, 4) is 0 Å². The summed E-state index contributed by atoms with van der Waals surface area (Å²) in [5.74, 6) is 0.674. The van der Waals surface area contributed by atoms with Crippen molar-refractivity contribution < 1.29 is 0 Å². The van der Waals surface area contributed by atoms with E-state index in [1.807, 2.05) is 6.20 Å². The monoisotopic (exact) mass is 315 g/mol. The molecule has 18 heavy (non-hydrogen) atoms. The maximum Gasteiger partial charge on any atom is 0.0698 e. The van der Waals surface area contributed by atoms with Crippen LogP contribution in [0.5, 0.6) is 0 Å². The van der Waals surface area contributed by atoms with Crippen LogP contribution in [-0.4, -0.2) is 16.8 Å². The zero-order valence-electron chi connectivity index (χ0n) is 12.0. The fourth-order valence-electron chi connectivity index (χ4n) is 2.60. The summed E-state index contributed by atoms with van der Waals surface area (Å²) in [7, 11) is 2.05. The van der Waals surface area contributed by atoms with Gasteiger partial charge in [-0.2, -0.15) is 5.10 Å². The normalized spacial score (nSPS) is 14.7. The molecule has 0 saturated heterocycles. The fourth-order valence-corrected chi connectivity index (χ4v) is 3.14. The Kier molecular flexibility index (Phi) is 6.94. The lowest BCUT2D eigenvalue weighted by atomic mass is 9.89. The van der Waals surface area contributed by atoms with E-state index >= 15 is 0 Å². The minimum absolute atomic E-state index is 0.387. The third kappa shape index (κ3) is 3.58. The van der Waals surface area contributed by atoms with E-state index in [1.165, 1.54) is 31.4 Å². The number of aromatic nitrogens is 2. The molecule has 0 radical (unpaired) electrons. The van der Waals surface area contributed by atoms with Crippen LogP contribution in [0.1, 0.15) is 58.2 Å². The lowest BCUT2D eigenvalue weighted by molar-refractivity contribution is 0.321. The summed E-state index contributed by atoms with van der Waals surface area (Å²) in [5, 5.41) is 7.92. The molecule has 2 atom stereocenters. The fraction of sp³-hybridized carbons (Fsp3) is 0.786. The van der Waals surface area contributed by atoms with Crippen molar-refractivity contribution in [3.05, 3.63) is 16.4 Å². The second-order valence-electron chi connectivity index (χ2n) is 4.77. The number of nitrogens with zero attached hydrogens (tertiary/aromatic N) is 2. The van der Waals surface area contributed by atoms with E-state index in [0.29, 0.717) is 12.0 Å².